The van der Waals surface area contributed by atoms with E-state index in [1.807, 2.05) is 0 Å². The third-order valence-electron chi connectivity index (χ3n) is 5.04. The number of benzene rings is 1. The number of nitrogens with zero attached hydrogens (tertiary/aromatic N) is 3. The summed E-state index contributed by atoms with van der Waals surface area (Å²) in [5.74, 6) is 0.948. The van der Waals surface area contributed by atoms with Crippen LogP contribution in [0.15, 0.2) is 35.3 Å². The largest absolute Gasteiger partial charge is 0.357 e. The summed E-state index contributed by atoms with van der Waals surface area (Å²) in [7, 11) is 4.24. The Morgan fingerprint density at radius 1 is 1.19 bits per heavy atom. The zero-order valence-corrected chi connectivity index (χ0v) is 17.0. The second-order valence-corrected chi connectivity index (χ2v) is 7.37. The van der Waals surface area contributed by atoms with Gasteiger partial charge in [0.15, 0.2) is 5.96 Å². The zero-order chi connectivity index (χ0) is 18.8. The molecule has 1 unspecified atom stereocenters. The van der Waals surface area contributed by atoms with Gasteiger partial charge < -0.3 is 20.4 Å². The minimum Gasteiger partial charge on any atom is -0.357 e. The number of rotatable bonds is 8. The maximum absolute atomic E-state index is 4.90. The Hall–Kier alpha value is -1.59. The van der Waals surface area contributed by atoms with E-state index >= 15 is 0 Å². The predicted molar refractivity (Wildman–Crippen MR) is 112 cm³/mol. The van der Waals surface area contributed by atoms with E-state index in [0.717, 1.165) is 19.0 Å². The lowest BCUT2D eigenvalue weighted by molar-refractivity contribution is 0.206. The molecule has 5 heteroatoms. The highest BCUT2D eigenvalue weighted by atomic mass is 15.2. The van der Waals surface area contributed by atoms with Crippen LogP contribution in [-0.4, -0.2) is 68.6 Å². The van der Waals surface area contributed by atoms with Gasteiger partial charge in [-0.1, -0.05) is 37.3 Å². The average Bonchev–Trinajstić information content (AvgIpc) is 2.64. The molecule has 1 aromatic carbocycles. The lowest BCUT2D eigenvalue weighted by Gasteiger charge is -2.33. The van der Waals surface area contributed by atoms with E-state index in [1.165, 1.54) is 44.5 Å². The SMILES string of the molecule is CCCN1CCC(NC(=NCC(c2ccccc2)N(C)C)NCC)CC1. The summed E-state index contributed by atoms with van der Waals surface area (Å²) in [5.41, 5.74) is 1.31. The molecule has 0 saturated carbocycles. The smallest absolute Gasteiger partial charge is 0.191 e. The van der Waals surface area contributed by atoms with E-state index in [1.54, 1.807) is 0 Å². The molecule has 2 N–H and O–H groups in total. The third kappa shape index (κ3) is 6.61. The monoisotopic (exact) mass is 359 g/mol. The third-order valence-corrected chi connectivity index (χ3v) is 5.04. The molecule has 1 fully saturated rings. The second kappa shape index (κ2) is 11.2. The lowest BCUT2D eigenvalue weighted by atomic mass is 10.1. The van der Waals surface area contributed by atoms with Gasteiger partial charge in [-0.05, 0) is 52.4 Å². The minimum atomic E-state index is 0.290. The maximum atomic E-state index is 4.90. The van der Waals surface area contributed by atoms with Crippen LogP contribution in [-0.2, 0) is 0 Å². The molecule has 1 saturated heterocycles. The fourth-order valence-electron chi connectivity index (χ4n) is 3.55. The first-order valence-corrected chi connectivity index (χ1v) is 10.1. The van der Waals surface area contributed by atoms with Crippen molar-refractivity contribution in [3.8, 4) is 0 Å². The Labute approximate surface area is 159 Å². The van der Waals surface area contributed by atoms with Gasteiger partial charge in [0.05, 0.1) is 12.6 Å². The van der Waals surface area contributed by atoms with Gasteiger partial charge in [-0.25, -0.2) is 0 Å². The van der Waals surface area contributed by atoms with Crippen LogP contribution >= 0.6 is 0 Å². The highest BCUT2D eigenvalue weighted by Gasteiger charge is 2.20. The van der Waals surface area contributed by atoms with Crippen LogP contribution in [0.4, 0.5) is 0 Å². The Kier molecular flexibility index (Phi) is 8.92. The summed E-state index contributed by atoms with van der Waals surface area (Å²) in [6, 6.07) is 11.4. The summed E-state index contributed by atoms with van der Waals surface area (Å²) in [6.45, 7) is 9.63. The topological polar surface area (TPSA) is 42.9 Å². The van der Waals surface area contributed by atoms with Gasteiger partial charge in [0.2, 0.25) is 0 Å². The molecule has 5 nitrogen and oxygen atoms in total. The number of nitrogens with one attached hydrogen (secondary N) is 2. The van der Waals surface area contributed by atoms with Gasteiger partial charge in [-0.15, -0.1) is 0 Å². The predicted octanol–water partition coefficient (Wildman–Crippen LogP) is 2.72. The van der Waals surface area contributed by atoms with Gasteiger partial charge in [0.1, 0.15) is 0 Å². The molecule has 0 amide bonds. The highest BCUT2D eigenvalue weighted by Crippen LogP contribution is 2.18. The van der Waals surface area contributed by atoms with Gasteiger partial charge in [-0.2, -0.15) is 0 Å². The molecule has 0 spiro atoms. The number of likely N-dealkylation sites (tertiary alicyclic amines) is 1. The second-order valence-electron chi connectivity index (χ2n) is 7.37. The van der Waals surface area contributed by atoms with Crippen molar-refractivity contribution in [1.29, 1.82) is 0 Å². The molecule has 146 valence electrons. The molecule has 0 bridgehead atoms. The molecule has 0 aromatic heterocycles. The quantitative estimate of drug-likeness (QED) is 0.553. The van der Waals surface area contributed by atoms with Crippen LogP contribution in [0.3, 0.4) is 0 Å². The number of hydrogen-bond donors (Lipinski definition) is 2. The molecule has 1 aromatic rings. The Balaban J connectivity index is 1.95. The van der Waals surface area contributed by atoms with Crippen LogP contribution in [0.2, 0.25) is 0 Å². The average molecular weight is 360 g/mol. The summed E-state index contributed by atoms with van der Waals surface area (Å²) >= 11 is 0. The Morgan fingerprint density at radius 2 is 1.88 bits per heavy atom. The Morgan fingerprint density at radius 3 is 2.46 bits per heavy atom. The van der Waals surface area contributed by atoms with Crippen molar-refractivity contribution < 1.29 is 0 Å². The van der Waals surface area contributed by atoms with Gasteiger partial charge in [0.25, 0.3) is 0 Å². The minimum absolute atomic E-state index is 0.290. The van der Waals surface area contributed by atoms with Crippen molar-refractivity contribution in [2.45, 2.75) is 45.2 Å². The summed E-state index contributed by atoms with van der Waals surface area (Å²) in [4.78, 5) is 9.71. The lowest BCUT2D eigenvalue weighted by Crippen LogP contribution is -2.49. The molecular weight excluding hydrogens is 322 g/mol. The van der Waals surface area contributed by atoms with Crippen molar-refractivity contribution in [2.75, 3.05) is 46.8 Å². The van der Waals surface area contributed by atoms with Crippen LogP contribution in [0.25, 0.3) is 0 Å². The first-order valence-electron chi connectivity index (χ1n) is 10.1. The number of guanidine groups is 1. The van der Waals surface area contributed by atoms with E-state index in [-0.39, 0.29) is 6.04 Å². The van der Waals surface area contributed by atoms with Crippen LogP contribution in [0, 0.1) is 0 Å². The molecule has 1 heterocycles. The molecule has 0 aliphatic carbocycles. The van der Waals surface area contributed by atoms with Crippen molar-refractivity contribution in [3.63, 3.8) is 0 Å². The van der Waals surface area contributed by atoms with E-state index < -0.39 is 0 Å². The fourth-order valence-corrected chi connectivity index (χ4v) is 3.55. The molecule has 1 aliphatic heterocycles. The standard InChI is InChI=1S/C21H37N5/c1-5-14-26-15-12-19(13-16-26)24-21(22-6-2)23-17-20(25(3)4)18-10-8-7-9-11-18/h7-11,19-20H,5-6,12-17H2,1-4H3,(H2,22,23,24). The first kappa shape index (κ1) is 20.7. The normalized spacial score (nSPS) is 18.1. The van der Waals surface area contributed by atoms with Crippen LogP contribution in [0.1, 0.15) is 44.7 Å². The van der Waals surface area contributed by atoms with E-state index in [0.29, 0.717) is 6.04 Å². The summed E-state index contributed by atoms with van der Waals surface area (Å²) < 4.78 is 0. The van der Waals surface area contributed by atoms with Crippen molar-refractivity contribution in [2.24, 2.45) is 4.99 Å². The molecule has 2 rings (SSSR count). The van der Waals surface area contributed by atoms with Gasteiger partial charge >= 0.3 is 0 Å². The fraction of sp³-hybridized carbons (Fsp3) is 0.667. The van der Waals surface area contributed by atoms with Crippen LogP contribution < -0.4 is 10.6 Å². The molecule has 26 heavy (non-hydrogen) atoms. The number of aliphatic imine (C=N–C) groups is 1. The number of piperidine rings is 1. The maximum Gasteiger partial charge on any atom is 0.191 e. The molecular formula is C21H37N5. The van der Waals surface area contributed by atoms with E-state index in [9.17, 15) is 0 Å². The molecule has 0 radical (unpaired) electrons. The molecule has 1 atom stereocenters. The van der Waals surface area contributed by atoms with Crippen molar-refractivity contribution >= 4 is 5.96 Å². The number of hydrogen-bond acceptors (Lipinski definition) is 3. The summed E-state index contributed by atoms with van der Waals surface area (Å²) in [6.07, 6.45) is 3.63. The Bertz CT molecular complexity index is 520. The van der Waals surface area contributed by atoms with Gasteiger partial charge in [0, 0.05) is 25.7 Å². The van der Waals surface area contributed by atoms with Gasteiger partial charge in [-0.3, -0.25) is 4.99 Å². The summed E-state index contributed by atoms with van der Waals surface area (Å²) in [5, 5.41) is 7.08. The van der Waals surface area contributed by atoms with E-state index in [4.69, 9.17) is 4.99 Å². The number of likely N-dealkylation sites (N-methyl/N-ethyl adjacent to an activating group) is 1. The first-order chi connectivity index (χ1) is 12.6. The van der Waals surface area contributed by atoms with E-state index in [2.05, 4.69) is 78.7 Å². The highest BCUT2D eigenvalue weighted by molar-refractivity contribution is 5.80. The van der Waals surface area contributed by atoms with Crippen LogP contribution in [0.5, 0.6) is 0 Å². The van der Waals surface area contributed by atoms with Crippen molar-refractivity contribution in [1.82, 2.24) is 20.4 Å². The zero-order valence-electron chi connectivity index (χ0n) is 17.0. The van der Waals surface area contributed by atoms with Crippen molar-refractivity contribution in [3.05, 3.63) is 35.9 Å². The molecule has 1 aliphatic rings.